The molecule has 1 aliphatic rings. The molecule has 1 aromatic rings. The second-order valence-electron chi connectivity index (χ2n) is 5.20. The van der Waals surface area contributed by atoms with Crippen molar-refractivity contribution in [3.05, 3.63) is 29.6 Å². The molecular weight excluding hydrogens is 245 g/mol. The van der Waals surface area contributed by atoms with Gasteiger partial charge in [-0.2, -0.15) is 0 Å². The van der Waals surface area contributed by atoms with Crippen molar-refractivity contribution in [2.24, 2.45) is 5.92 Å². The van der Waals surface area contributed by atoms with Gasteiger partial charge in [-0.05, 0) is 31.7 Å². The molecule has 106 valence electrons. The monoisotopic (exact) mass is 267 g/mol. The van der Waals surface area contributed by atoms with Crippen molar-refractivity contribution in [2.75, 3.05) is 13.2 Å². The van der Waals surface area contributed by atoms with Gasteiger partial charge in [0.1, 0.15) is 11.6 Å². The molecule has 3 atom stereocenters. The van der Waals surface area contributed by atoms with Gasteiger partial charge in [0.15, 0.2) is 0 Å². The Labute approximate surface area is 113 Å². The SMILES string of the molecule is CCC1OCCC1CNC(C)c1ccc(O)cc1F. The molecule has 3 unspecified atom stereocenters. The van der Waals surface area contributed by atoms with Crippen molar-refractivity contribution < 1.29 is 14.2 Å². The van der Waals surface area contributed by atoms with E-state index in [9.17, 15) is 9.50 Å². The average molecular weight is 267 g/mol. The molecular formula is C15H22FNO2. The number of ether oxygens (including phenoxy) is 1. The molecule has 1 aliphatic heterocycles. The molecule has 1 saturated heterocycles. The van der Waals surface area contributed by atoms with Crippen LogP contribution in [0.3, 0.4) is 0 Å². The molecule has 1 heterocycles. The van der Waals surface area contributed by atoms with Gasteiger partial charge in [-0.15, -0.1) is 0 Å². The van der Waals surface area contributed by atoms with E-state index in [2.05, 4.69) is 12.2 Å². The zero-order chi connectivity index (χ0) is 13.8. The number of aromatic hydroxyl groups is 1. The number of hydrogen-bond acceptors (Lipinski definition) is 3. The predicted molar refractivity (Wildman–Crippen MR) is 72.6 cm³/mol. The first-order valence-electron chi connectivity index (χ1n) is 6.95. The highest BCUT2D eigenvalue weighted by atomic mass is 19.1. The Morgan fingerprint density at radius 2 is 2.32 bits per heavy atom. The van der Waals surface area contributed by atoms with Gasteiger partial charge in [-0.1, -0.05) is 13.0 Å². The Balaban J connectivity index is 1.92. The fourth-order valence-corrected chi connectivity index (χ4v) is 2.68. The summed E-state index contributed by atoms with van der Waals surface area (Å²) in [4.78, 5) is 0. The highest BCUT2D eigenvalue weighted by molar-refractivity contribution is 5.29. The summed E-state index contributed by atoms with van der Waals surface area (Å²) in [6.07, 6.45) is 2.41. The lowest BCUT2D eigenvalue weighted by Crippen LogP contribution is -2.30. The summed E-state index contributed by atoms with van der Waals surface area (Å²) in [7, 11) is 0. The number of phenols is 1. The smallest absolute Gasteiger partial charge is 0.131 e. The van der Waals surface area contributed by atoms with Gasteiger partial charge in [0, 0.05) is 30.8 Å². The summed E-state index contributed by atoms with van der Waals surface area (Å²) in [5, 5.41) is 12.6. The third-order valence-electron chi connectivity index (χ3n) is 3.89. The zero-order valence-electron chi connectivity index (χ0n) is 11.5. The summed E-state index contributed by atoms with van der Waals surface area (Å²) in [5.74, 6) is 0.103. The summed E-state index contributed by atoms with van der Waals surface area (Å²) in [6.45, 7) is 5.73. The molecule has 19 heavy (non-hydrogen) atoms. The summed E-state index contributed by atoms with van der Waals surface area (Å²) < 4.78 is 19.4. The number of halogens is 1. The normalized spacial score (nSPS) is 24.6. The van der Waals surface area contributed by atoms with Crippen LogP contribution in [0.1, 0.15) is 38.3 Å². The first kappa shape index (κ1) is 14.3. The van der Waals surface area contributed by atoms with E-state index < -0.39 is 0 Å². The lowest BCUT2D eigenvalue weighted by atomic mass is 9.98. The first-order valence-corrected chi connectivity index (χ1v) is 6.95. The largest absolute Gasteiger partial charge is 0.508 e. The van der Waals surface area contributed by atoms with E-state index in [1.54, 1.807) is 6.07 Å². The number of phenolic OH excluding ortho intramolecular Hbond substituents is 1. The maximum atomic E-state index is 13.7. The fourth-order valence-electron chi connectivity index (χ4n) is 2.68. The maximum absolute atomic E-state index is 13.7. The average Bonchev–Trinajstić information content (AvgIpc) is 2.83. The molecule has 1 fully saturated rings. The highest BCUT2D eigenvalue weighted by Gasteiger charge is 2.26. The molecule has 0 radical (unpaired) electrons. The van der Waals surface area contributed by atoms with Gasteiger partial charge in [-0.3, -0.25) is 0 Å². The summed E-state index contributed by atoms with van der Waals surface area (Å²) in [6, 6.07) is 4.23. The molecule has 4 heteroatoms. The van der Waals surface area contributed by atoms with Crippen LogP contribution < -0.4 is 5.32 Å². The Kier molecular flexibility index (Phi) is 4.77. The van der Waals surface area contributed by atoms with Gasteiger partial charge in [0.05, 0.1) is 6.10 Å². The minimum atomic E-state index is -0.366. The molecule has 0 spiro atoms. The number of hydrogen-bond donors (Lipinski definition) is 2. The lowest BCUT2D eigenvalue weighted by molar-refractivity contribution is 0.0867. The van der Waals surface area contributed by atoms with Crippen LogP contribution in [0.2, 0.25) is 0 Å². The van der Waals surface area contributed by atoms with Crippen molar-refractivity contribution >= 4 is 0 Å². The second-order valence-corrected chi connectivity index (χ2v) is 5.20. The van der Waals surface area contributed by atoms with Crippen LogP contribution in [-0.2, 0) is 4.74 Å². The van der Waals surface area contributed by atoms with Crippen molar-refractivity contribution in [1.82, 2.24) is 5.32 Å². The van der Waals surface area contributed by atoms with Crippen LogP contribution in [-0.4, -0.2) is 24.4 Å². The van der Waals surface area contributed by atoms with Crippen molar-refractivity contribution in [2.45, 2.75) is 38.8 Å². The molecule has 1 aromatic carbocycles. The van der Waals surface area contributed by atoms with Crippen molar-refractivity contribution in [3.8, 4) is 5.75 Å². The van der Waals surface area contributed by atoms with Gasteiger partial charge in [0.2, 0.25) is 0 Å². The summed E-state index contributed by atoms with van der Waals surface area (Å²) in [5.41, 5.74) is 0.588. The van der Waals surface area contributed by atoms with Gasteiger partial charge in [-0.25, -0.2) is 4.39 Å². The second kappa shape index (κ2) is 6.35. The third kappa shape index (κ3) is 3.45. The van der Waals surface area contributed by atoms with E-state index in [1.807, 2.05) is 6.92 Å². The Hall–Kier alpha value is -1.13. The molecule has 0 bridgehead atoms. The van der Waals surface area contributed by atoms with Gasteiger partial charge < -0.3 is 15.2 Å². The molecule has 0 aromatic heterocycles. The number of benzene rings is 1. The van der Waals surface area contributed by atoms with Crippen LogP contribution in [0, 0.1) is 11.7 Å². The Morgan fingerprint density at radius 3 is 3.00 bits per heavy atom. The quantitative estimate of drug-likeness (QED) is 0.861. The highest BCUT2D eigenvalue weighted by Crippen LogP contribution is 2.25. The van der Waals surface area contributed by atoms with Crippen LogP contribution in [0.4, 0.5) is 4.39 Å². The van der Waals surface area contributed by atoms with Crippen LogP contribution in [0.25, 0.3) is 0 Å². The van der Waals surface area contributed by atoms with Crippen LogP contribution in [0.5, 0.6) is 5.75 Å². The minimum absolute atomic E-state index is 0.0383. The molecule has 0 amide bonds. The summed E-state index contributed by atoms with van der Waals surface area (Å²) >= 11 is 0. The minimum Gasteiger partial charge on any atom is -0.508 e. The van der Waals surface area contributed by atoms with E-state index >= 15 is 0 Å². The molecule has 3 nitrogen and oxygen atoms in total. The number of rotatable bonds is 5. The molecule has 2 N–H and O–H groups in total. The van der Waals surface area contributed by atoms with Crippen LogP contribution >= 0.6 is 0 Å². The van der Waals surface area contributed by atoms with E-state index in [0.29, 0.717) is 17.6 Å². The van der Waals surface area contributed by atoms with E-state index in [0.717, 1.165) is 32.1 Å². The van der Waals surface area contributed by atoms with Crippen LogP contribution in [0.15, 0.2) is 18.2 Å². The topological polar surface area (TPSA) is 41.5 Å². The standard InChI is InChI=1S/C15H22FNO2/c1-3-15-11(6-7-19-15)9-17-10(2)13-5-4-12(18)8-14(13)16/h4-5,8,10-11,15,17-18H,3,6-7,9H2,1-2H3. The molecule has 0 aliphatic carbocycles. The third-order valence-corrected chi connectivity index (χ3v) is 3.89. The van der Waals surface area contributed by atoms with Crippen molar-refractivity contribution in [3.63, 3.8) is 0 Å². The molecule has 0 saturated carbocycles. The van der Waals surface area contributed by atoms with E-state index in [-0.39, 0.29) is 17.6 Å². The van der Waals surface area contributed by atoms with E-state index in [4.69, 9.17) is 4.74 Å². The fraction of sp³-hybridized carbons (Fsp3) is 0.600. The predicted octanol–water partition coefficient (Wildman–Crippen LogP) is 3.00. The first-order chi connectivity index (χ1) is 9.11. The Morgan fingerprint density at radius 1 is 1.53 bits per heavy atom. The van der Waals surface area contributed by atoms with Gasteiger partial charge >= 0.3 is 0 Å². The van der Waals surface area contributed by atoms with E-state index in [1.165, 1.54) is 6.07 Å². The Bertz CT molecular complexity index is 425. The number of nitrogens with one attached hydrogen (secondary N) is 1. The lowest BCUT2D eigenvalue weighted by Gasteiger charge is -2.21. The van der Waals surface area contributed by atoms with Gasteiger partial charge in [0.25, 0.3) is 0 Å². The zero-order valence-corrected chi connectivity index (χ0v) is 11.5. The van der Waals surface area contributed by atoms with Crippen molar-refractivity contribution in [1.29, 1.82) is 0 Å². The maximum Gasteiger partial charge on any atom is 0.131 e. The molecule has 2 rings (SSSR count).